The van der Waals surface area contributed by atoms with Crippen molar-refractivity contribution in [3.05, 3.63) is 24.3 Å². The number of unbranched alkanes of at least 4 members (excludes halogenated alkanes) is 19. The number of rotatable bonds is 36. The van der Waals surface area contributed by atoms with Crippen molar-refractivity contribution in [3.63, 3.8) is 0 Å². The van der Waals surface area contributed by atoms with Gasteiger partial charge in [-0.1, -0.05) is 234 Å². The Morgan fingerprint density at radius 1 is 0.380 bits per heavy atom. The second kappa shape index (κ2) is 46.5. The van der Waals surface area contributed by atoms with Crippen LogP contribution in [0, 0.1) is 11.8 Å². The van der Waals surface area contributed by atoms with Gasteiger partial charge in [-0.3, -0.25) is 4.90 Å². The van der Waals surface area contributed by atoms with Crippen LogP contribution in [0.25, 0.3) is 0 Å². The monoisotopic (exact) mass is 704 g/mol. The summed E-state index contributed by atoms with van der Waals surface area (Å²) in [5, 5.41) is 0. The highest BCUT2D eigenvalue weighted by molar-refractivity contribution is 5.03. The Bertz CT molecular complexity index is 633. The van der Waals surface area contributed by atoms with Crippen LogP contribution in [-0.2, 0) is 0 Å². The molecule has 0 aromatic heterocycles. The van der Waals surface area contributed by atoms with Gasteiger partial charge in [-0.2, -0.15) is 0 Å². The molecule has 0 saturated carbocycles. The molecular formula is C49H101N. The van der Waals surface area contributed by atoms with E-state index in [1.807, 2.05) is 0 Å². The Kier molecular flexibility index (Phi) is 50.0. The van der Waals surface area contributed by atoms with Crippen molar-refractivity contribution in [2.45, 2.75) is 261 Å². The van der Waals surface area contributed by atoms with Gasteiger partial charge in [-0.15, -0.1) is 0 Å². The van der Waals surface area contributed by atoms with Crippen molar-refractivity contribution in [2.24, 2.45) is 11.8 Å². The summed E-state index contributed by atoms with van der Waals surface area (Å²) in [6.45, 7) is 33.1. The Balaban J connectivity index is -0.00000341. The molecule has 1 nitrogen and oxygen atoms in total. The number of hydrogen-bond donors (Lipinski definition) is 0. The second-order valence-electron chi connectivity index (χ2n) is 16.0. The third-order valence-corrected chi connectivity index (χ3v) is 10.3. The van der Waals surface area contributed by atoms with E-state index in [4.69, 9.17) is 0 Å². The lowest BCUT2D eigenvalue weighted by Crippen LogP contribution is -2.30. The summed E-state index contributed by atoms with van der Waals surface area (Å²) in [6.07, 6.45) is 42.5. The van der Waals surface area contributed by atoms with Crippen LogP contribution in [0.1, 0.15) is 261 Å². The van der Waals surface area contributed by atoms with Crippen LogP contribution < -0.4 is 0 Å². The average Bonchev–Trinajstić information content (AvgIpc) is 3.10. The van der Waals surface area contributed by atoms with E-state index in [1.165, 1.54) is 218 Å². The molecule has 0 radical (unpaired) electrons. The van der Waals surface area contributed by atoms with E-state index in [-0.39, 0.29) is 0 Å². The van der Waals surface area contributed by atoms with Crippen LogP contribution >= 0.6 is 0 Å². The van der Waals surface area contributed by atoms with Gasteiger partial charge in [-0.25, -0.2) is 0 Å². The molecule has 0 aromatic carbocycles. The predicted octanol–water partition coefficient (Wildman–Crippen LogP) is 17.9. The molecule has 0 N–H and O–H groups in total. The number of hydrogen-bond acceptors (Lipinski definition) is 1. The largest absolute Gasteiger partial charge is 0.299 e. The van der Waals surface area contributed by atoms with Crippen molar-refractivity contribution >= 4 is 0 Å². The predicted molar refractivity (Wildman–Crippen MR) is 236 cm³/mol. The van der Waals surface area contributed by atoms with Gasteiger partial charge in [0.1, 0.15) is 0 Å². The van der Waals surface area contributed by atoms with E-state index in [0.29, 0.717) is 0 Å². The first-order valence-corrected chi connectivity index (χ1v) is 23.4. The topological polar surface area (TPSA) is 3.24 Å². The van der Waals surface area contributed by atoms with Gasteiger partial charge in [0.2, 0.25) is 0 Å². The Morgan fingerprint density at radius 3 is 1.14 bits per heavy atom. The lowest BCUT2D eigenvalue weighted by molar-refractivity contribution is 0.270. The van der Waals surface area contributed by atoms with Gasteiger partial charge in [0.05, 0.1) is 0 Å². The normalized spacial score (nSPS) is 12.2. The molecule has 1 heteroatoms. The first kappa shape index (κ1) is 53.8. The van der Waals surface area contributed by atoms with Crippen LogP contribution in [0.3, 0.4) is 0 Å². The summed E-state index contributed by atoms with van der Waals surface area (Å²) >= 11 is 0. The summed E-state index contributed by atoms with van der Waals surface area (Å²) in [6, 6.07) is 0. The quantitative estimate of drug-likeness (QED) is 0.0464. The molecule has 0 aromatic rings. The molecular weight excluding hydrogens is 603 g/mol. The maximum atomic E-state index is 4.64. The molecule has 2 unspecified atom stereocenters. The smallest absolute Gasteiger partial charge is 0.0192 e. The molecule has 2 atom stereocenters. The van der Waals surface area contributed by atoms with Gasteiger partial charge < -0.3 is 0 Å². The summed E-state index contributed by atoms with van der Waals surface area (Å²) in [5.74, 6) is 1.51. The maximum Gasteiger partial charge on any atom is 0.0192 e. The summed E-state index contributed by atoms with van der Waals surface area (Å²) in [4.78, 5) is 2.76. The minimum atomic E-state index is 0.722. The molecule has 302 valence electrons. The van der Waals surface area contributed by atoms with Gasteiger partial charge in [0, 0.05) is 6.54 Å². The zero-order chi connectivity index (χ0) is 37.9. The average molecular weight is 704 g/mol. The molecule has 50 heavy (non-hydrogen) atoms. The second-order valence-corrected chi connectivity index (χ2v) is 16.0. The molecule has 0 aliphatic rings. The minimum absolute atomic E-state index is 0.722. The first-order chi connectivity index (χ1) is 24.4. The standard InChI is InChI=1S/C43H85N.2C3H8/c1-8-13-17-20-24-29-34-42(12-5)41(7)39-44(37-31-16-11-4)38-32-26-22-23-27-33-40(6)43(35-28-19-15-10-3)36-30-25-21-18-14-9-2;2*1-3-2/h42-43H,6-39H2,1-5H3;2*3H2,1-2H3. The molecule has 0 aliphatic carbocycles. The summed E-state index contributed by atoms with van der Waals surface area (Å²) in [5.41, 5.74) is 3.10. The fraction of sp³-hybridized carbons (Fsp3) is 0.918. The van der Waals surface area contributed by atoms with Crippen LogP contribution in [0.4, 0.5) is 0 Å². The van der Waals surface area contributed by atoms with Gasteiger partial charge in [0.25, 0.3) is 0 Å². The van der Waals surface area contributed by atoms with Crippen LogP contribution in [-0.4, -0.2) is 24.5 Å². The lowest BCUT2D eigenvalue weighted by Gasteiger charge is -2.27. The number of allylic oxidation sites excluding steroid dienone is 1. The summed E-state index contributed by atoms with van der Waals surface area (Å²) in [7, 11) is 0. The van der Waals surface area contributed by atoms with Crippen molar-refractivity contribution in [1.82, 2.24) is 4.90 Å². The lowest BCUT2D eigenvalue weighted by atomic mass is 9.86. The number of nitrogens with zero attached hydrogens (tertiary/aromatic N) is 1. The fourth-order valence-corrected chi connectivity index (χ4v) is 7.10. The maximum absolute atomic E-state index is 4.64. The van der Waals surface area contributed by atoms with Crippen molar-refractivity contribution in [1.29, 1.82) is 0 Å². The van der Waals surface area contributed by atoms with E-state index in [0.717, 1.165) is 18.4 Å². The fourth-order valence-electron chi connectivity index (χ4n) is 7.10. The Hall–Kier alpha value is -0.560. The molecule has 0 aliphatic heterocycles. The third-order valence-electron chi connectivity index (χ3n) is 10.3. The van der Waals surface area contributed by atoms with Gasteiger partial charge in [0.15, 0.2) is 0 Å². The van der Waals surface area contributed by atoms with Gasteiger partial charge >= 0.3 is 0 Å². The minimum Gasteiger partial charge on any atom is -0.299 e. The van der Waals surface area contributed by atoms with Crippen molar-refractivity contribution < 1.29 is 0 Å². The molecule has 0 heterocycles. The molecule has 0 saturated heterocycles. The third kappa shape index (κ3) is 40.2. The SMILES string of the molecule is C=C(CN(CCCCC)CCCCCCCC(=C)C(CCCCCC)CCCCCCCC)C(CC)CCCCCCCC.CCC.CCC. The first-order valence-electron chi connectivity index (χ1n) is 23.4. The molecule has 0 bridgehead atoms. The highest BCUT2D eigenvalue weighted by Crippen LogP contribution is 2.28. The van der Waals surface area contributed by atoms with Crippen molar-refractivity contribution in [2.75, 3.05) is 19.6 Å². The zero-order valence-electron chi connectivity index (χ0n) is 37.1. The van der Waals surface area contributed by atoms with E-state index >= 15 is 0 Å². The van der Waals surface area contributed by atoms with Crippen LogP contribution in [0.15, 0.2) is 24.3 Å². The molecule has 0 fully saturated rings. The summed E-state index contributed by atoms with van der Waals surface area (Å²) < 4.78 is 0. The van der Waals surface area contributed by atoms with Crippen LogP contribution in [0.5, 0.6) is 0 Å². The Labute approximate surface area is 321 Å². The van der Waals surface area contributed by atoms with Crippen LogP contribution in [0.2, 0.25) is 0 Å². The molecule has 0 amide bonds. The van der Waals surface area contributed by atoms with E-state index in [2.05, 4.69) is 80.4 Å². The van der Waals surface area contributed by atoms with E-state index in [1.54, 1.807) is 5.57 Å². The van der Waals surface area contributed by atoms with E-state index in [9.17, 15) is 0 Å². The molecule has 0 rings (SSSR count). The van der Waals surface area contributed by atoms with Crippen molar-refractivity contribution in [3.8, 4) is 0 Å². The highest BCUT2D eigenvalue weighted by Gasteiger charge is 2.15. The zero-order valence-corrected chi connectivity index (χ0v) is 37.1. The van der Waals surface area contributed by atoms with E-state index < -0.39 is 0 Å². The van der Waals surface area contributed by atoms with Gasteiger partial charge in [-0.05, 0) is 76.3 Å². The highest BCUT2D eigenvalue weighted by atomic mass is 15.1. The molecule has 0 spiro atoms. The Morgan fingerprint density at radius 2 is 0.700 bits per heavy atom.